The number of aromatic hydroxyl groups is 2. The van der Waals surface area contributed by atoms with E-state index in [9.17, 15) is 24.5 Å². The van der Waals surface area contributed by atoms with Crippen molar-refractivity contribution in [2.75, 3.05) is 0 Å². The minimum absolute atomic E-state index is 0.274. The zero-order chi connectivity index (χ0) is 13.3. The van der Waals surface area contributed by atoms with E-state index in [0.717, 1.165) is 18.6 Å². The molecule has 1 saturated carbocycles. The third-order valence-electron chi connectivity index (χ3n) is 3.70. The number of benzene rings is 1. The molecule has 4 nitrogen and oxygen atoms in total. The molecule has 0 heterocycles. The summed E-state index contributed by atoms with van der Waals surface area (Å²) in [6.45, 7) is 0. The Labute approximate surface area is 104 Å². The summed E-state index contributed by atoms with van der Waals surface area (Å²) in [6.07, 6.45) is 2.78. The van der Waals surface area contributed by atoms with Crippen LogP contribution in [0.3, 0.4) is 0 Å². The summed E-state index contributed by atoms with van der Waals surface area (Å²) < 4.78 is 13.9. The van der Waals surface area contributed by atoms with Crippen LogP contribution in [0.25, 0.3) is 0 Å². The summed E-state index contributed by atoms with van der Waals surface area (Å²) >= 11 is 0. The van der Waals surface area contributed by atoms with Gasteiger partial charge in [0.25, 0.3) is 0 Å². The van der Waals surface area contributed by atoms with Crippen LogP contribution >= 0.6 is 0 Å². The number of carboxylic acids is 1. The van der Waals surface area contributed by atoms with Crippen molar-refractivity contribution in [1.29, 1.82) is 0 Å². The molecule has 0 aliphatic heterocycles. The Morgan fingerprint density at radius 1 is 1.17 bits per heavy atom. The minimum Gasteiger partial charge on any atom is -0.504 e. The van der Waals surface area contributed by atoms with E-state index in [4.69, 9.17) is 0 Å². The second-order valence-corrected chi connectivity index (χ2v) is 4.74. The van der Waals surface area contributed by atoms with Gasteiger partial charge in [-0.05, 0) is 25.0 Å². The zero-order valence-corrected chi connectivity index (χ0v) is 9.82. The van der Waals surface area contributed by atoms with E-state index in [0.29, 0.717) is 12.8 Å². The summed E-state index contributed by atoms with van der Waals surface area (Å²) in [5.41, 5.74) is -1.71. The number of rotatable bonds is 2. The average molecular weight is 254 g/mol. The van der Waals surface area contributed by atoms with Crippen molar-refractivity contribution < 1.29 is 24.5 Å². The lowest BCUT2D eigenvalue weighted by Crippen LogP contribution is -2.38. The number of phenols is 2. The fraction of sp³-hybridized carbons (Fsp3) is 0.462. The number of carbonyl (C=O) groups is 1. The van der Waals surface area contributed by atoms with E-state index >= 15 is 0 Å². The fourth-order valence-electron chi connectivity index (χ4n) is 2.74. The van der Waals surface area contributed by atoms with E-state index in [1.54, 1.807) is 0 Å². The van der Waals surface area contributed by atoms with Gasteiger partial charge < -0.3 is 15.3 Å². The van der Waals surface area contributed by atoms with Gasteiger partial charge in [0.05, 0.1) is 11.0 Å². The molecule has 0 unspecified atom stereocenters. The van der Waals surface area contributed by atoms with Gasteiger partial charge in [0.15, 0.2) is 11.5 Å². The van der Waals surface area contributed by atoms with Crippen LogP contribution in [0, 0.1) is 5.82 Å². The van der Waals surface area contributed by atoms with Crippen molar-refractivity contribution in [3.05, 3.63) is 23.5 Å². The molecule has 2 rings (SSSR count). The molecule has 0 saturated heterocycles. The molecule has 18 heavy (non-hydrogen) atoms. The second-order valence-electron chi connectivity index (χ2n) is 4.74. The first-order chi connectivity index (χ1) is 8.49. The van der Waals surface area contributed by atoms with Crippen LogP contribution in [0.4, 0.5) is 4.39 Å². The smallest absolute Gasteiger partial charge is 0.314 e. The molecule has 1 aliphatic rings. The van der Waals surface area contributed by atoms with E-state index in [-0.39, 0.29) is 18.4 Å². The predicted molar refractivity (Wildman–Crippen MR) is 62.1 cm³/mol. The van der Waals surface area contributed by atoms with Crippen molar-refractivity contribution >= 4 is 5.97 Å². The Hall–Kier alpha value is -1.78. The molecule has 3 N–H and O–H groups in total. The first-order valence-corrected chi connectivity index (χ1v) is 5.93. The Balaban J connectivity index is 2.63. The number of hydrogen-bond donors (Lipinski definition) is 3. The average Bonchev–Trinajstić information content (AvgIpc) is 2.35. The maximum atomic E-state index is 13.9. The van der Waals surface area contributed by atoms with Gasteiger partial charge in [-0.15, -0.1) is 0 Å². The molecule has 0 amide bonds. The topological polar surface area (TPSA) is 77.8 Å². The lowest BCUT2D eigenvalue weighted by atomic mass is 9.69. The highest BCUT2D eigenvalue weighted by Gasteiger charge is 2.45. The van der Waals surface area contributed by atoms with Crippen LogP contribution in [0.1, 0.15) is 37.7 Å². The van der Waals surface area contributed by atoms with Crippen molar-refractivity contribution in [1.82, 2.24) is 0 Å². The van der Waals surface area contributed by atoms with Crippen LogP contribution < -0.4 is 0 Å². The largest absolute Gasteiger partial charge is 0.504 e. The Morgan fingerprint density at radius 3 is 2.33 bits per heavy atom. The van der Waals surface area contributed by atoms with Crippen LogP contribution in [0.5, 0.6) is 11.5 Å². The maximum Gasteiger partial charge on any atom is 0.314 e. The monoisotopic (exact) mass is 254 g/mol. The number of carboxylic acid groups (broad SMARTS) is 1. The summed E-state index contributed by atoms with van der Waals surface area (Å²) in [7, 11) is 0. The minimum atomic E-state index is -1.43. The first kappa shape index (κ1) is 12.7. The third-order valence-corrected chi connectivity index (χ3v) is 3.70. The summed E-state index contributed by atoms with van der Waals surface area (Å²) in [6, 6.07) is 2.01. The molecule has 0 aromatic heterocycles. The van der Waals surface area contributed by atoms with Crippen molar-refractivity contribution in [3.8, 4) is 11.5 Å². The number of halogens is 1. The normalized spacial score (nSPS) is 18.5. The molecule has 1 aliphatic carbocycles. The molecular formula is C13H15FO4. The number of phenolic OH excluding ortho intramolecular Hbond substituents is 2. The predicted octanol–water partition coefficient (Wildman–Crippen LogP) is 2.52. The van der Waals surface area contributed by atoms with Crippen molar-refractivity contribution in [2.24, 2.45) is 0 Å². The molecule has 0 radical (unpaired) electrons. The lowest BCUT2D eigenvalue weighted by molar-refractivity contribution is -0.145. The molecule has 0 atom stereocenters. The van der Waals surface area contributed by atoms with E-state index < -0.39 is 28.7 Å². The molecule has 98 valence electrons. The Kier molecular flexibility index (Phi) is 3.15. The van der Waals surface area contributed by atoms with E-state index in [2.05, 4.69) is 0 Å². The van der Waals surface area contributed by atoms with Gasteiger partial charge in [0, 0.05) is 0 Å². The highest BCUT2D eigenvalue weighted by molar-refractivity contribution is 5.83. The molecular weight excluding hydrogens is 239 g/mol. The number of aliphatic carboxylic acids is 1. The van der Waals surface area contributed by atoms with E-state index in [1.807, 2.05) is 0 Å². The SMILES string of the molecule is O=C(O)C1(c2c(F)ccc(O)c2O)CCCCC1. The fourth-order valence-corrected chi connectivity index (χ4v) is 2.74. The maximum absolute atomic E-state index is 13.9. The molecule has 1 aromatic rings. The zero-order valence-electron chi connectivity index (χ0n) is 9.82. The highest BCUT2D eigenvalue weighted by Crippen LogP contribution is 2.47. The van der Waals surface area contributed by atoms with Gasteiger partial charge in [0.2, 0.25) is 0 Å². The van der Waals surface area contributed by atoms with Gasteiger partial charge in [-0.25, -0.2) is 4.39 Å². The van der Waals surface area contributed by atoms with Crippen molar-refractivity contribution in [3.63, 3.8) is 0 Å². The second kappa shape index (κ2) is 4.48. The molecule has 5 heteroatoms. The van der Waals surface area contributed by atoms with E-state index in [1.165, 1.54) is 0 Å². The van der Waals surface area contributed by atoms with Gasteiger partial charge >= 0.3 is 5.97 Å². The van der Waals surface area contributed by atoms with Gasteiger partial charge in [0.1, 0.15) is 5.82 Å². The first-order valence-electron chi connectivity index (χ1n) is 5.93. The van der Waals surface area contributed by atoms with Gasteiger partial charge in [-0.3, -0.25) is 4.79 Å². The summed E-state index contributed by atoms with van der Waals surface area (Å²) in [5, 5.41) is 28.7. The molecule has 0 spiro atoms. The Morgan fingerprint density at radius 2 is 1.78 bits per heavy atom. The van der Waals surface area contributed by atoms with Crippen LogP contribution in [0.2, 0.25) is 0 Å². The standard InChI is InChI=1S/C13H15FO4/c14-8-4-5-9(15)11(16)10(8)13(12(17)18)6-2-1-3-7-13/h4-5,15-16H,1-3,6-7H2,(H,17,18). The highest BCUT2D eigenvalue weighted by atomic mass is 19.1. The van der Waals surface area contributed by atoms with Gasteiger partial charge in [-0.1, -0.05) is 19.3 Å². The van der Waals surface area contributed by atoms with Crippen molar-refractivity contribution in [2.45, 2.75) is 37.5 Å². The summed E-state index contributed by atoms with van der Waals surface area (Å²) in [5.74, 6) is -3.08. The van der Waals surface area contributed by atoms with Crippen LogP contribution in [-0.4, -0.2) is 21.3 Å². The molecule has 0 bridgehead atoms. The lowest BCUT2D eigenvalue weighted by Gasteiger charge is -2.34. The van der Waals surface area contributed by atoms with Crippen LogP contribution in [-0.2, 0) is 10.2 Å². The summed E-state index contributed by atoms with van der Waals surface area (Å²) in [4.78, 5) is 11.5. The third kappa shape index (κ3) is 1.79. The quantitative estimate of drug-likeness (QED) is 0.709. The Bertz CT molecular complexity index is 478. The molecule has 1 fully saturated rings. The number of hydrogen-bond acceptors (Lipinski definition) is 3. The van der Waals surface area contributed by atoms with Gasteiger partial charge in [-0.2, -0.15) is 0 Å². The van der Waals surface area contributed by atoms with Crippen LogP contribution in [0.15, 0.2) is 12.1 Å². The molecule has 1 aromatic carbocycles.